The molecule has 1 fully saturated rings. The number of ether oxygens (including phenoxy) is 4. The van der Waals surface area contributed by atoms with Gasteiger partial charge in [0, 0.05) is 52.4 Å². The Morgan fingerprint density at radius 3 is 1.57 bits per heavy atom. The summed E-state index contributed by atoms with van der Waals surface area (Å²) in [6.45, 7) is 16.6. The third kappa shape index (κ3) is 37.9. The molecule has 1 aliphatic heterocycles. The molecule has 0 saturated carbocycles. The largest absolute Gasteiger partial charge is 0.462 e. The molecule has 1 saturated heterocycles. The first-order valence-corrected chi connectivity index (χ1v) is 25.5. The lowest BCUT2D eigenvalue weighted by Gasteiger charge is -2.33. The highest BCUT2D eigenvalue weighted by atomic mass is 16.7. The van der Waals surface area contributed by atoms with Crippen LogP contribution in [0, 0.1) is 0 Å². The lowest BCUT2D eigenvalue weighted by molar-refractivity contribution is -0.161. The van der Waals surface area contributed by atoms with E-state index >= 15 is 0 Å². The maximum atomic E-state index is 12.7. The fourth-order valence-electron chi connectivity index (χ4n) is 7.60. The van der Waals surface area contributed by atoms with Crippen molar-refractivity contribution in [2.24, 2.45) is 0 Å². The van der Waals surface area contributed by atoms with Crippen LogP contribution in [0.1, 0.15) is 201 Å². The van der Waals surface area contributed by atoms with Gasteiger partial charge in [-0.15, -0.1) is 0 Å². The van der Waals surface area contributed by atoms with E-state index in [9.17, 15) is 9.59 Å². The van der Waals surface area contributed by atoms with Crippen LogP contribution >= 0.6 is 0 Å². The lowest BCUT2D eigenvalue weighted by atomic mass is 10.1. The van der Waals surface area contributed by atoms with Gasteiger partial charge in [0.15, 0.2) is 6.29 Å². The SMILES string of the molecule is CCCCC/C=C\C/C=C\CCCCCCCCN(CCCN1CCN(C)CC1)CCC(=O)OCCOC(=O)CCC(OCCCCCCCC)OCCCCCCCC. The van der Waals surface area contributed by atoms with Gasteiger partial charge in [-0.3, -0.25) is 9.59 Å². The normalized spacial score (nSPS) is 14.1. The highest BCUT2D eigenvalue weighted by Crippen LogP contribution is 2.13. The van der Waals surface area contributed by atoms with E-state index in [1.165, 1.54) is 122 Å². The first-order valence-electron chi connectivity index (χ1n) is 25.5. The second kappa shape index (κ2) is 43.9. The maximum absolute atomic E-state index is 12.7. The summed E-state index contributed by atoms with van der Waals surface area (Å²) < 4.78 is 23.1. The molecule has 352 valence electrons. The monoisotopic (exact) mass is 848 g/mol. The molecular weight excluding hydrogens is 751 g/mol. The zero-order chi connectivity index (χ0) is 43.4. The van der Waals surface area contributed by atoms with Crippen LogP contribution in [0.4, 0.5) is 0 Å². The molecule has 0 aromatic heterocycles. The van der Waals surface area contributed by atoms with Crippen LogP contribution in [-0.4, -0.2) is 119 Å². The van der Waals surface area contributed by atoms with Crippen molar-refractivity contribution < 1.29 is 28.5 Å². The van der Waals surface area contributed by atoms with Crippen molar-refractivity contribution in [3.05, 3.63) is 24.3 Å². The molecular formula is C51H97N3O6. The molecule has 60 heavy (non-hydrogen) atoms. The smallest absolute Gasteiger partial charge is 0.307 e. The number of hydrogen-bond acceptors (Lipinski definition) is 9. The number of nitrogens with zero attached hydrogens (tertiary/aromatic N) is 3. The number of allylic oxidation sites excluding steroid dienone is 4. The Balaban J connectivity index is 2.34. The van der Waals surface area contributed by atoms with Crippen molar-refractivity contribution in [3.8, 4) is 0 Å². The van der Waals surface area contributed by atoms with Crippen LogP contribution in [-0.2, 0) is 28.5 Å². The molecule has 9 heteroatoms. The zero-order valence-electron chi connectivity index (χ0n) is 40.0. The van der Waals surface area contributed by atoms with Gasteiger partial charge in [-0.2, -0.15) is 0 Å². The van der Waals surface area contributed by atoms with Gasteiger partial charge in [0.2, 0.25) is 0 Å². The molecule has 9 nitrogen and oxygen atoms in total. The van der Waals surface area contributed by atoms with Gasteiger partial charge >= 0.3 is 11.9 Å². The van der Waals surface area contributed by atoms with Crippen molar-refractivity contribution in [3.63, 3.8) is 0 Å². The van der Waals surface area contributed by atoms with Gasteiger partial charge in [-0.1, -0.05) is 148 Å². The van der Waals surface area contributed by atoms with Gasteiger partial charge in [-0.25, -0.2) is 0 Å². The molecule has 0 N–H and O–H groups in total. The van der Waals surface area contributed by atoms with Crippen LogP contribution in [0.15, 0.2) is 24.3 Å². The molecule has 1 aliphatic rings. The maximum Gasteiger partial charge on any atom is 0.307 e. The summed E-state index contributed by atoms with van der Waals surface area (Å²) in [5.74, 6) is -0.527. The van der Waals surface area contributed by atoms with Crippen LogP contribution in [0.2, 0.25) is 0 Å². The van der Waals surface area contributed by atoms with Crippen LogP contribution in [0.25, 0.3) is 0 Å². The van der Waals surface area contributed by atoms with Crippen molar-refractivity contribution in [2.75, 3.05) is 85.8 Å². The summed E-state index contributed by atoms with van der Waals surface area (Å²) in [4.78, 5) is 32.8. The molecule has 0 aliphatic carbocycles. The topological polar surface area (TPSA) is 80.8 Å². The number of esters is 2. The van der Waals surface area contributed by atoms with E-state index in [-0.39, 0.29) is 37.9 Å². The average molecular weight is 848 g/mol. The summed E-state index contributed by atoms with van der Waals surface area (Å²) in [6.07, 6.45) is 40.6. The fraction of sp³-hybridized carbons (Fsp3) is 0.882. The number of piperazine rings is 1. The predicted molar refractivity (Wildman–Crippen MR) is 253 cm³/mol. The number of carbonyl (C=O) groups excluding carboxylic acids is 2. The minimum atomic E-state index is -0.388. The first-order chi connectivity index (χ1) is 29.5. The lowest BCUT2D eigenvalue weighted by Crippen LogP contribution is -2.45. The second-order valence-corrected chi connectivity index (χ2v) is 17.4. The quantitative estimate of drug-likeness (QED) is 0.0258. The number of rotatable bonds is 44. The molecule has 1 heterocycles. The third-order valence-corrected chi connectivity index (χ3v) is 11.6. The predicted octanol–water partition coefficient (Wildman–Crippen LogP) is 12.1. The summed E-state index contributed by atoms with van der Waals surface area (Å²) in [6, 6.07) is 0. The minimum absolute atomic E-state index is 0.0774. The van der Waals surface area contributed by atoms with Gasteiger partial charge in [0.1, 0.15) is 13.2 Å². The minimum Gasteiger partial charge on any atom is -0.462 e. The van der Waals surface area contributed by atoms with E-state index in [1.54, 1.807) is 0 Å². The van der Waals surface area contributed by atoms with Gasteiger partial charge < -0.3 is 33.6 Å². The average Bonchev–Trinajstić information content (AvgIpc) is 3.25. The fourth-order valence-corrected chi connectivity index (χ4v) is 7.60. The van der Waals surface area contributed by atoms with Gasteiger partial charge in [-0.05, 0) is 84.5 Å². The number of unbranched alkanes of at least 4 members (excludes halogenated alkanes) is 19. The van der Waals surface area contributed by atoms with Crippen molar-refractivity contribution >= 4 is 11.9 Å². The number of carbonyl (C=O) groups is 2. The summed E-state index contributed by atoms with van der Waals surface area (Å²) in [7, 11) is 2.20. The van der Waals surface area contributed by atoms with E-state index in [0.29, 0.717) is 32.6 Å². The molecule has 0 aromatic rings. The molecule has 1 rings (SSSR count). The van der Waals surface area contributed by atoms with Gasteiger partial charge in [0.05, 0.1) is 12.8 Å². The van der Waals surface area contributed by atoms with Crippen LogP contribution < -0.4 is 0 Å². The second-order valence-electron chi connectivity index (χ2n) is 17.4. The highest BCUT2D eigenvalue weighted by molar-refractivity contribution is 5.70. The zero-order valence-corrected chi connectivity index (χ0v) is 40.0. The Hall–Kier alpha value is -1.78. The molecule has 0 amide bonds. The van der Waals surface area contributed by atoms with Crippen molar-refractivity contribution in [2.45, 2.75) is 207 Å². The molecule has 0 unspecified atom stereocenters. The van der Waals surface area contributed by atoms with E-state index in [4.69, 9.17) is 18.9 Å². The Labute approximate surface area is 371 Å². The Morgan fingerprint density at radius 1 is 0.517 bits per heavy atom. The number of hydrogen-bond donors (Lipinski definition) is 0. The van der Waals surface area contributed by atoms with E-state index in [0.717, 1.165) is 84.3 Å². The summed E-state index contributed by atoms with van der Waals surface area (Å²) in [5.41, 5.74) is 0. The summed E-state index contributed by atoms with van der Waals surface area (Å²) >= 11 is 0. The molecule has 0 radical (unpaired) electrons. The highest BCUT2D eigenvalue weighted by Gasteiger charge is 2.16. The van der Waals surface area contributed by atoms with Crippen molar-refractivity contribution in [1.82, 2.24) is 14.7 Å². The van der Waals surface area contributed by atoms with Crippen molar-refractivity contribution in [1.29, 1.82) is 0 Å². The summed E-state index contributed by atoms with van der Waals surface area (Å²) in [5, 5.41) is 0. The van der Waals surface area contributed by atoms with E-state index < -0.39 is 0 Å². The Morgan fingerprint density at radius 2 is 0.983 bits per heavy atom. The molecule has 0 spiro atoms. The van der Waals surface area contributed by atoms with Crippen LogP contribution in [0.3, 0.4) is 0 Å². The Bertz CT molecular complexity index is 983. The van der Waals surface area contributed by atoms with Gasteiger partial charge in [0.25, 0.3) is 0 Å². The third-order valence-electron chi connectivity index (χ3n) is 11.6. The molecule has 0 atom stereocenters. The van der Waals surface area contributed by atoms with Crippen LogP contribution in [0.5, 0.6) is 0 Å². The van der Waals surface area contributed by atoms with E-state index in [2.05, 4.69) is 66.8 Å². The molecule has 0 bridgehead atoms. The van der Waals surface area contributed by atoms with E-state index in [1.807, 2.05) is 0 Å². The standard InChI is InChI=1S/C51H97N3O6/c1-5-8-11-14-17-18-19-20-21-22-23-24-25-26-27-30-37-53(38-33-39-54-43-41-52(4)42-44-54)40-36-50(56)58-48-47-57-49(55)34-35-51(59-45-31-28-15-12-9-6-2)60-46-32-29-16-13-10-7-3/h17-18,20-21,51H,5-16,19,22-48H2,1-4H3/b18-17-,21-20-. The molecule has 0 aromatic carbocycles. The number of likely N-dealkylation sites (N-methyl/N-ethyl adjacent to an activating group) is 1. The first kappa shape index (κ1) is 56.2. The Kier molecular flexibility index (Phi) is 41.1.